The van der Waals surface area contributed by atoms with E-state index in [4.69, 9.17) is 17.3 Å². The predicted octanol–water partition coefficient (Wildman–Crippen LogP) is 3.30. The highest BCUT2D eigenvalue weighted by atomic mass is 79.9. The minimum Gasteiger partial charge on any atom is -0.338 e. The first-order chi connectivity index (χ1) is 8.99. The van der Waals surface area contributed by atoms with Crippen LogP contribution < -0.4 is 5.73 Å². The van der Waals surface area contributed by atoms with E-state index >= 15 is 0 Å². The quantitative estimate of drug-likeness (QED) is 0.894. The first-order valence-electron chi connectivity index (χ1n) is 6.49. The van der Waals surface area contributed by atoms with Gasteiger partial charge in [-0.05, 0) is 59.8 Å². The predicted molar refractivity (Wildman–Crippen MR) is 81.4 cm³/mol. The summed E-state index contributed by atoms with van der Waals surface area (Å²) in [6.45, 7) is 3.53. The molecule has 0 unspecified atom stereocenters. The molecule has 3 nitrogen and oxygen atoms in total. The molecule has 5 heteroatoms. The molecule has 0 spiro atoms. The van der Waals surface area contributed by atoms with Crippen LogP contribution in [-0.2, 0) is 0 Å². The van der Waals surface area contributed by atoms with Gasteiger partial charge in [0.25, 0.3) is 5.91 Å². The van der Waals surface area contributed by atoms with Crippen molar-refractivity contribution in [1.82, 2.24) is 4.90 Å². The van der Waals surface area contributed by atoms with Crippen molar-refractivity contribution in [2.45, 2.75) is 25.8 Å². The summed E-state index contributed by atoms with van der Waals surface area (Å²) in [5.41, 5.74) is 6.58. The van der Waals surface area contributed by atoms with Crippen molar-refractivity contribution in [2.24, 2.45) is 11.7 Å². The zero-order valence-electron chi connectivity index (χ0n) is 10.9. The Morgan fingerprint density at radius 1 is 1.58 bits per heavy atom. The number of hydrogen-bond acceptors (Lipinski definition) is 2. The van der Waals surface area contributed by atoms with Crippen LogP contribution in [0.3, 0.4) is 0 Å². The van der Waals surface area contributed by atoms with E-state index in [2.05, 4.69) is 15.9 Å². The fraction of sp³-hybridized carbons (Fsp3) is 0.500. The highest BCUT2D eigenvalue weighted by molar-refractivity contribution is 9.10. The van der Waals surface area contributed by atoms with E-state index in [0.29, 0.717) is 16.5 Å². The zero-order chi connectivity index (χ0) is 14.0. The topological polar surface area (TPSA) is 46.3 Å². The number of carbonyl (C=O) groups is 1. The van der Waals surface area contributed by atoms with E-state index in [1.165, 1.54) is 0 Å². The first kappa shape index (κ1) is 14.8. The van der Waals surface area contributed by atoms with Crippen LogP contribution in [0.5, 0.6) is 0 Å². The monoisotopic (exact) mass is 344 g/mol. The maximum absolute atomic E-state index is 12.5. The minimum absolute atomic E-state index is 0.0275. The van der Waals surface area contributed by atoms with Crippen LogP contribution in [0, 0.1) is 5.92 Å². The SMILES string of the molecule is C[C@@H](N)[C@@H]1CCCN(C(=O)c2cc(Cl)ccc2Br)C1. The molecule has 104 valence electrons. The van der Waals surface area contributed by atoms with Crippen molar-refractivity contribution in [2.75, 3.05) is 13.1 Å². The average Bonchev–Trinajstić information content (AvgIpc) is 2.41. The van der Waals surface area contributed by atoms with Crippen LogP contribution in [0.1, 0.15) is 30.1 Å². The van der Waals surface area contributed by atoms with Gasteiger partial charge in [-0.2, -0.15) is 0 Å². The third kappa shape index (κ3) is 3.50. The Morgan fingerprint density at radius 3 is 3.00 bits per heavy atom. The number of nitrogens with zero attached hydrogens (tertiary/aromatic N) is 1. The Kier molecular flexibility index (Phi) is 4.87. The largest absolute Gasteiger partial charge is 0.338 e. The van der Waals surface area contributed by atoms with E-state index in [0.717, 1.165) is 30.4 Å². The van der Waals surface area contributed by atoms with Crippen LogP contribution in [0.2, 0.25) is 5.02 Å². The van der Waals surface area contributed by atoms with Crippen molar-refractivity contribution in [3.8, 4) is 0 Å². The number of piperidine rings is 1. The maximum atomic E-state index is 12.5. The van der Waals surface area contributed by atoms with Gasteiger partial charge in [-0.25, -0.2) is 0 Å². The second kappa shape index (κ2) is 6.25. The van der Waals surface area contributed by atoms with Gasteiger partial charge in [-0.3, -0.25) is 4.79 Å². The molecular weight excluding hydrogens is 328 g/mol. The average molecular weight is 346 g/mol. The Bertz CT molecular complexity index is 479. The van der Waals surface area contributed by atoms with Crippen molar-refractivity contribution >= 4 is 33.4 Å². The number of benzene rings is 1. The fourth-order valence-corrected chi connectivity index (χ4v) is 3.04. The molecule has 1 amide bonds. The molecule has 1 aromatic rings. The molecule has 0 saturated carbocycles. The molecule has 1 saturated heterocycles. The summed E-state index contributed by atoms with van der Waals surface area (Å²) in [4.78, 5) is 14.4. The highest BCUT2D eigenvalue weighted by Gasteiger charge is 2.27. The first-order valence-corrected chi connectivity index (χ1v) is 7.66. The summed E-state index contributed by atoms with van der Waals surface area (Å²) in [6, 6.07) is 5.41. The lowest BCUT2D eigenvalue weighted by Gasteiger charge is -2.34. The van der Waals surface area contributed by atoms with Gasteiger partial charge < -0.3 is 10.6 Å². The Labute approximate surface area is 127 Å². The number of likely N-dealkylation sites (tertiary alicyclic amines) is 1. The summed E-state index contributed by atoms with van der Waals surface area (Å²) in [7, 11) is 0. The molecule has 0 radical (unpaired) electrons. The Balaban J connectivity index is 2.17. The van der Waals surface area contributed by atoms with Gasteiger partial charge in [-0.15, -0.1) is 0 Å². The molecule has 0 aliphatic carbocycles. The highest BCUT2D eigenvalue weighted by Crippen LogP contribution is 2.25. The van der Waals surface area contributed by atoms with Crippen molar-refractivity contribution in [1.29, 1.82) is 0 Å². The smallest absolute Gasteiger partial charge is 0.255 e. The summed E-state index contributed by atoms with van der Waals surface area (Å²) in [5.74, 6) is 0.412. The van der Waals surface area contributed by atoms with Gasteiger partial charge in [0.1, 0.15) is 0 Å². The van der Waals surface area contributed by atoms with Gasteiger partial charge >= 0.3 is 0 Å². The molecule has 2 atom stereocenters. The molecule has 1 heterocycles. The van der Waals surface area contributed by atoms with E-state index in [1.54, 1.807) is 12.1 Å². The lowest BCUT2D eigenvalue weighted by molar-refractivity contribution is 0.0660. The summed E-state index contributed by atoms with van der Waals surface area (Å²) < 4.78 is 0.782. The van der Waals surface area contributed by atoms with Crippen molar-refractivity contribution in [3.63, 3.8) is 0 Å². The molecule has 1 fully saturated rings. The van der Waals surface area contributed by atoms with Crippen LogP contribution in [0.4, 0.5) is 0 Å². The molecule has 0 aromatic heterocycles. The van der Waals surface area contributed by atoms with E-state index in [1.807, 2.05) is 17.9 Å². The van der Waals surface area contributed by atoms with E-state index < -0.39 is 0 Å². The van der Waals surface area contributed by atoms with Gasteiger partial charge in [0.2, 0.25) is 0 Å². The number of hydrogen-bond donors (Lipinski definition) is 1. The molecule has 2 N–H and O–H groups in total. The lowest BCUT2D eigenvalue weighted by Crippen LogP contribution is -2.45. The molecule has 1 aromatic carbocycles. The number of rotatable bonds is 2. The van der Waals surface area contributed by atoms with Crippen molar-refractivity contribution in [3.05, 3.63) is 33.3 Å². The molecule has 19 heavy (non-hydrogen) atoms. The Hall–Kier alpha value is -0.580. The van der Waals surface area contributed by atoms with Gasteiger partial charge in [-0.1, -0.05) is 11.6 Å². The number of amides is 1. The lowest BCUT2D eigenvalue weighted by atomic mass is 9.92. The number of nitrogens with two attached hydrogens (primary N) is 1. The van der Waals surface area contributed by atoms with Crippen LogP contribution in [0.25, 0.3) is 0 Å². The maximum Gasteiger partial charge on any atom is 0.255 e. The molecule has 0 bridgehead atoms. The molecule has 1 aliphatic heterocycles. The third-order valence-corrected chi connectivity index (χ3v) is 4.57. The standard InChI is InChI=1S/C14H18BrClN2O/c1-9(17)10-3-2-6-18(8-10)14(19)12-7-11(16)4-5-13(12)15/h4-5,7,9-10H,2-3,6,8,17H2,1H3/t9-,10-/m1/s1. The van der Waals surface area contributed by atoms with E-state index in [-0.39, 0.29) is 11.9 Å². The molecular formula is C14H18BrClN2O. The molecule has 1 aliphatic rings. The minimum atomic E-state index is 0.0275. The normalized spacial score (nSPS) is 21.3. The van der Waals surface area contributed by atoms with Crippen LogP contribution in [0.15, 0.2) is 22.7 Å². The fourth-order valence-electron chi connectivity index (χ4n) is 2.46. The molecule has 2 rings (SSSR count). The Morgan fingerprint density at radius 2 is 2.32 bits per heavy atom. The summed E-state index contributed by atoms with van der Waals surface area (Å²) >= 11 is 9.38. The second-order valence-electron chi connectivity index (χ2n) is 5.14. The zero-order valence-corrected chi connectivity index (χ0v) is 13.2. The van der Waals surface area contributed by atoms with E-state index in [9.17, 15) is 4.79 Å². The summed E-state index contributed by atoms with van der Waals surface area (Å²) in [5, 5.41) is 0.576. The number of carbonyl (C=O) groups excluding carboxylic acids is 1. The number of halogens is 2. The van der Waals surface area contributed by atoms with Crippen LogP contribution >= 0.6 is 27.5 Å². The van der Waals surface area contributed by atoms with Crippen molar-refractivity contribution < 1.29 is 4.79 Å². The van der Waals surface area contributed by atoms with Gasteiger partial charge in [0.15, 0.2) is 0 Å². The summed E-state index contributed by atoms with van der Waals surface area (Å²) in [6.07, 6.45) is 2.11. The van der Waals surface area contributed by atoms with Gasteiger partial charge in [0.05, 0.1) is 5.56 Å². The van der Waals surface area contributed by atoms with Gasteiger partial charge in [0, 0.05) is 28.6 Å². The third-order valence-electron chi connectivity index (χ3n) is 3.65. The second-order valence-corrected chi connectivity index (χ2v) is 6.43. The van der Waals surface area contributed by atoms with Crippen LogP contribution in [-0.4, -0.2) is 29.9 Å².